The summed E-state index contributed by atoms with van der Waals surface area (Å²) < 4.78 is 0. The molecule has 1 N–H and O–H groups in total. The minimum atomic E-state index is -0.154. The molecular weight excluding hydrogens is 328 g/mol. The fourth-order valence-corrected chi connectivity index (χ4v) is 3.27. The lowest BCUT2D eigenvalue weighted by atomic mass is 10.1. The average molecular weight is 343 g/mol. The number of carbonyl (C=O) groups excluding carboxylic acids is 1. The Bertz CT molecular complexity index is 843. The molecule has 1 heterocycles. The number of rotatable bonds is 2. The van der Waals surface area contributed by atoms with Gasteiger partial charge >= 0.3 is 0 Å². The number of thioether (sulfide) groups is 1. The molecule has 0 unspecified atom stereocenters. The van der Waals surface area contributed by atoms with E-state index in [0.717, 1.165) is 16.8 Å². The van der Waals surface area contributed by atoms with Crippen molar-refractivity contribution in [3.63, 3.8) is 0 Å². The van der Waals surface area contributed by atoms with E-state index in [1.54, 1.807) is 12.1 Å². The summed E-state index contributed by atoms with van der Waals surface area (Å²) in [6.45, 7) is 4.05. The van der Waals surface area contributed by atoms with Crippen molar-refractivity contribution >= 4 is 46.2 Å². The van der Waals surface area contributed by atoms with Crippen LogP contribution >= 0.6 is 23.4 Å². The zero-order chi connectivity index (χ0) is 16.4. The Labute approximate surface area is 144 Å². The monoisotopic (exact) mass is 342 g/mol. The number of nitrogens with one attached hydrogen (secondary N) is 1. The summed E-state index contributed by atoms with van der Waals surface area (Å²) in [7, 11) is 0. The Morgan fingerprint density at radius 2 is 1.96 bits per heavy atom. The summed E-state index contributed by atoms with van der Waals surface area (Å²) in [5.41, 5.74) is 3.95. The van der Waals surface area contributed by atoms with Crippen molar-refractivity contribution in [3.8, 4) is 0 Å². The molecule has 0 aliphatic carbocycles. The Morgan fingerprint density at radius 1 is 1.17 bits per heavy atom. The first-order valence-corrected chi connectivity index (χ1v) is 8.34. The molecular formula is C18H15ClN2OS. The molecule has 0 aromatic heterocycles. The molecule has 0 atom stereocenters. The number of hydrogen-bond donors (Lipinski definition) is 1. The van der Waals surface area contributed by atoms with Crippen LogP contribution in [0, 0.1) is 13.8 Å². The lowest BCUT2D eigenvalue weighted by Crippen LogP contribution is -2.19. The number of aryl methyl sites for hydroxylation is 2. The SMILES string of the molecule is Cc1ccc(N=C2NC(=O)/C(=C\c3ccccc3Cl)S2)c(C)c1. The van der Waals surface area contributed by atoms with Crippen LogP contribution in [0.4, 0.5) is 5.69 Å². The van der Waals surface area contributed by atoms with Gasteiger partial charge in [-0.3, -0.25) is 4.79 Å². The third-order valence-corrected chi connectivity index (χ3v) is 4.67. The predicted octanol–water partition coefficient (Wildman–Crippen LogP) is 4.85. The highest BCUT2D eigenvalue weighted by atomic mass is 35.5. The Balaban J connectivity index is 1.88. The molecule has 116 valence electrons. The fourth-order valence-electron chi connectivity index (χ4n) is 2.25. The lowest BCUT2D eigenvalue weighted by molar-refractivity contribution is -0.115. The summed E-state index contributed by atoms with van der Waals surface area (Å²) in [5, 5.41) is 4.00. The van der Waals surface area contributed by atoms with Crippen molar-refractivity contribution in [1.82, 2.24) is 5.32 Å². The first kappa shape index (κ1) is 15.8. The van der Waals surface area contributed by atoms with Crippen molar-refractivity contribution in [2.75, 3.05) is 0 Å². The van der Waals surface area contributed by atoms with Gasteiger partial charge in [-0.05, 0) is 54.9 Å². The Morgan fingerprint density at radius 3 is 2.70 bits per heavy atom. The van der Waals surface area contributed by atoms with Gasteiger partial charge in [-0.25, -0.2) is 4.99 Å². The standard InChI is InChI=1S/C18H15ClN2OS/c1-11-7-8-15(12(2)9-11)20-18-21-17(22)16(23-18)10-13-5-3-4-6-14(13)19/h3-10H,1-2H3,(H,20,21,22)/b16-10+. The summed E-state index contributed by atoms with van der Waals surface area (Å²) in [5.74, 6) is -0.154. The molecule has 2 aromatic rings. The first-order valence-electron chi connectivity index (χ1n) is 7.14. The van der Waals surface area contributed by atoms with Crippen molar-refractivity contribution in [2.24, 2.45) is 4.99 Å². The topological polar surface area (TPSA) is 41.5 Å². The van der Waals surface area contributed by atoms with Gasteiger partial charge in [0, 0.05) is 5.02 Å². The van der Waals surface area contributed by atoms with E-state index in [4.69, 9.17) is 11.6 Å². The quantitative estimate of drug-likeness (QED) is 0.793. The van der Waals surface area contributed by atoms with E-state index >= 15 is 0 Å². The third-order valence-electron chi connectivity index (χ3n) is 3.42. The molecule has 2 aromatic carbocycles. The number of aliphatic imine (C=N–C) groups is 1. The fraction of sp³-hybridized carbons (Fsp3) is 0.111. The molecule has 3 nitrogen and oxygen atoms in total. The maximum atomic E-state index is 12.1. The van der Waals surface area contributed by atoms with Crippen LogP contribution in [0.2, 0.25) is 5.02 Å². The van der Waals surface area contributed by atoms with Gasteiger partial charge in [0.15, 0.2) is 5.17 Å². The van der Waals surface area contributed by atoms with Crippen LogP contribution in [0.1, 0.15) is 16.7 Å². The molecule has 1 fully saturated rings. The number of carbonyl (C=O) groups is 1. The van der Waals surface area contributed by atoms with Crippen molar-refractivity contribution in [3.05, 3.63) is 69.1 Å². The number of hydrogen-bond acceptors (Lipinski definition) is 3. The minimum absolute atomic E-state index is 0.154. The van der Waals surface area contributed by atoms with E-state index in [0.29, 0.717) is 15.1 Å². The number of benzene rings is 2. The smallest absolute Gasteiger partial charge is 0.264 e. The van der Waals surface area contributed by atoms with Gasteiger partial charge in [0.1, 0.15) is 0 Å². The van der Waals surface area contributed by atoms with Crippen molar-refractivity contribution < 1.29 is 4.79 Å². The van der Waals surface area contributed by atoms with Crippen LogP contribution in [0.15, 0.2) is 52.4 Å². The maximum absolute atomic E-state index is 12.1. The summed E-state index contributed by atoms with van der Waals surface area (Å²) in [6.07, 6.45) is 1.78. The zero-order valence-corrected chi connectivity index (χ0v) is 14.3. The largest absolute Gasteiger partial charge is 0.300 e. The molecule has 5 heteroatoms. The number of halogens is 1. The first-order chi connectivity index (χ1) is 11.0. The lowest BCUT2D eigenvalue weighted by Gasteiger charge is -2.02. The predicted molar refractivity (Wildman–Crippen MR) is 98.2 cm³/mol. The summed E-state index contributed by atoms with van der Waals surface area (Å²) in [4.78, 5) is 17.2. The van der Waals surface area contributed by atoms with E-state index in [2.05, 4.69) is 16.4 Å². The second-order valence-electron chi connectivity index (χ2n) is 5.29. The third kappa shape index (κ3) is 3.66. The molecule has 0 bridgehead atoms. The molecule has 0 radical (unpaired) electrons. The number of amidine groups is 1. The molecule has 23 heavy (non-hydrogen) atoms. The molecule has 1 aliphatic heterocycles. The second kappa shape index (κ2) is 6.60. The van der Waals surface area contributed by atoms with Gasteiger partial charge in [-0.2, -0.15) is 0 Å². The van der Waals surface area contributed by atoms with E-state index in [9.17, 15) is 4.79 Å². The molecule has 3 rings (SSSR count). The van der Waals surface area contributed by atoms with E-state index in [1.165, 1.54) is 17.3 Å². The van der Waals surface area contributed by atoms with Crippen LogP contribution in [0.3, 0.4) is 0 Å². The molecule has 0 spiro atoms. The summed E-state index contributed by atoms with van der Waals surface area (Å²) >= 11 is 7.46. The van der Waals surface area contributed by atoms with Crippen molar-refractivity contribution in [1.29, 1.82) is 0 Å². The van der Waals surface area contributed by atoms with Crippen LogP contribution in [0.5, 0.6) is 0 Å². The van der Waals surface area contributed by atoms with Crippen LogP contribution in [-0.4, -0.2) is 11.1 Å². The van der Waals surface area contributed by atoms with Gasteiger partial charge in [-0.1, -0.05) is 47.5 Å². The Hall–Kier alpha value is -2.04. The van der Waals surface area contributed by atoms with Gasteiger partial charge < -0.3 is 5.32 Å². The van der Waals surface area contributed by atoms with Gasteiger partial charge in [0.2, 0.25) is 0 Å². The van der Waals surface area contributed by atoms with Crippen LogP contribution in [0.25, 0.3) is 6.08 Å². The normalized spacial score (nSPS) is 17.8. The highest BCUT2D eigenvalue weighted by Gasteiger charge is 2.24. The molecule has 1 saturated heterocycles. The average Bonchev–Trinajstić information content (AvgIpc) is 2.84. The molecule has 1 aliphatic rings. The number of nitrogens with zero attached hydrogens (tertiary/aromatic N) is 1. The molecule has 0 saturated carbocycles. The zero-order valence-electron chi connectivity index (χ0n) is 12.8. The van der Waals surface area contributed by atoms with Crippen molar-refractivity contribution in [2.45, 2.75) is 13.8 Å². The molecule has 1 amide bonds. The van der Waals surface area contributed by atoms with Gasteiger partial charge in [-0.15, -0.1) is 0 Å². The van der Waals surface area contributed by atoms with Crippen LogP contribution < -0.4 is 5.32 Å². The van der Waals surface area contributed by atoms with Gasteiger partial charge in [0.05, 0.1) is 10.6 Å². The second-order valence-corrected chi connectivity index (χ2v) is 6.73. The number of amides is 1. The van der Waals surface area contributed by atoms with Gasteiger partial charge in [0.25, 0.3) is 5.91 Å². The summed E-state index contributed by atoms with van der Waals surface area (Å²) in [6, 6.07) is 13.5. The highest BCUT2D eigenvalue weighted by Crippen LogP contribution is 2.30. The highest BCUT2D eigenvalue weighted by molar-refractivity contribution is 8.18. The maximum Gasteiger partial charge on any atom is 0.264 e. The van der Waals surface area contributed by atoms with E-state index in [-0.39, 0.29) is 5.91 Å². The van der Waals surface area contributed by atoms with E-state index < -0.39 is 0 Å². The van der Waals surface area contributed by atoms with Crippen LogP contribution in [-0.2, 0) is 4.79 Å². The Kier molecular flexibility index (Phi) is 4.55. The minimum Gasteiger partial charge on any atom is -0.300 e. The van der Waals surface area contributed by atoms with E-state index in [1.807, 2.05) is 44.2 Å².